The van der Waals surface area contributed by atoms with Gasteiger partial charge in [-0.2, -0.15) is 5.26 Å². The van der Waals surface area contributed by atoms with E-state index in [9.17, 15) is 9.59 Å². The topological polar surface area (TPSA) is 67.2 Å². The average Bonchev–Trinajstić information content (AvgIpc) is 2.29. The van der Waals surface area contributed by atoms with Gasteiger partial charge < -0.3 is 4.74 Å². The largest absolute Gasteiger partial charge is 0.458 e. The van der Waals surface area contributed by atoms with Crippen LogP contribution in [0.5, 0.6) is 0 Å². The molecule has 4 heteroatoms. The summed E-state index contributed by atoms with van der Waals surface area (Å²) in [5.74, 6) is -0.536. The summed E-state index contributed by atoms with van der Waals surface area (Å²) in [6.07, 6.45) is -0.267. The van der Waals surface area contributed by atoms with E-state index < -0.39 is 12.1 Å². The molecule has 0 aromatic heterocycles. The number of carbonyl (C=O) groups is 2. The molecule has 1 atom stereocenters. The maximum atomic E-state index is 11.6. The molecule has 0 saturated carbocycles. The summed E-state index contributed by atoms with van der Waals surface area (Å²) in [6.45, 7) is 3.12. The van der Waals surface area contributed by atoms with E-state index in [0.29, 0.717) is 11.1 Å². The van der Waals surface area contributed by atoms with Gasteiger partial charge in [0.1, 0.15) is 6.10 Å². The minimum absolute atomic E-state index is 0.0530. The van der Waals surface area contributed by atoms with Crippen molar-refractivity contribution < 1.29 is 14.3 Å². The molecule has 1 aromatic rings. The van der Waals surface area contributed by atoms with Crippen LogP contribution in [0.3, 0.4) is 0 Å². The fraction of sp³-hybridized carbons (Fsp3) is 0.308. The molecule has 0 saturated heterocycles. The predicted octanol–water partition coefficient (Wildman–Crippen LogP) is 2.35. The van der Waals surface area contributed by atoms with Crippen LogP contribution in [0.25, 0.3) is 0 Å². The zero-order valence-electron chi connectivity index (χ0n) is 9.77. The molecule has 0 aliphatic heterocycles. The Labute approximate surface area is 99.8 Å². The minimum atomic E-state index is -0.483. The Kier molecular flexibility index (Phi) is 4.41. The fourth-order valence-electron chi connectivity index (χ4n) is 1.26. The third kappa shape index (κ3) is 3.72. The first-order valence-electron chi connectivity index (χ1n) is 5.23. The molecule has 0 fully saturated rings. The number of carbonyl (C=O) groups excluding carboxylic acids is 2. The molecular formula is C13H13NO3. The third-order valence-corrected chi connectivity index (χ3v) is 2.21. The van der Waals surface area contributed by atoms with Gasteiger partial charge in [-0.3, -0.25) is 4.79 Å². The van der Waals surface area contributed by atoms with Gasteiger partial charge in [0.05, 0.1) is 18.1 Å². The first-order chi connectivity index (χ1) is 8.04. The lowest BCUT2D eigenvalue weighted by Crippen LogP contribution is -2.14. The second kappa shape index (κ2) is 5.80. The van der Waals surface area contributed by atoms with Crippen LogP contribution < -0.4 is 0 Å². The maximum Gasteiger partial charge on any atom is 0.338 e. The van der Waals surface area contributed by atoms with E-state index in [-0.39, 0.29) is 12.2 Å². The van der Waals surface area contributed by atoms with Crippen molar-refractivity contribution in [3.05, 3.63) is 35.4 Å². The van der Waals surface area contributed by atoms with Crippen LogP contribution >= 0.6 is 0 Å². The Morgan fingerprint density at radius 3 is 2.29 bits per heavy atom. The van der Waals surface area contributed by atoms with Crippen LogP contribution in [-0.2, 0) is 4.74 Å². The van der Waals surface area contributed by atoms with Crippen molar-refractivity contribution in [3.63, 3.8) is 0 Å². The third-order valence-electron chi connectivity index (χ3n) is 2.21. The van der Waals surface area contributed by atoms with Crippen LogP contribution in [0.4, 0.5) is 0 Å². The molecule has 0 N–H and O–H groups in total. The molecule has 0 spiro atoms. The molecule has 1 aromatic carbocycles. The van der Waals surface area contributed by atoms with E-state index >= 15 is 0 Å². The van der Waals surface area contributed by atoms with E-state index in [1.54, 1.807) is 19.1 Å². The number of benzene rings is 1. The van der Waals surface area contributed by atoms with Crippen molar-refractivity contribution in [3.8, 4) is 6.07 Å². The van der Waals surface area contributed by atoms with Gasteiger partial charge in [-0.15, -0.1) is 0 Å². The molecule has 1 rings (SSSR count). The molecule has 0 aliphatic rings. The molecule has 0 bridgehead atoms. The molecular weight excluding hydrogens is 218 g/mol. The lowest BCUT2D eigenvalue weighted by molar-refractivity contribution is 0.0351. The Morgan fingerprint density at radius 2 is 1.82 bits per heavy atom. The van der Waals surface area contributed by atoms with Crippen molar-refractivity contribution in [2.75, 3.05) is 0 Å². The van der Waals surface area contributed by atoms with E-state index in [1.807, 2.05) is 6.07 Å². The van der Waals surface area contributed by atoms with Crippen molar-refractivity contribution in [2.45, 2.75) is 26.4 Å². The fourth-order valence-corrected chi connectivity index (χ4v) is 1.26. The summed E-state index contributed by atoms with van der Waals surface area (Å²) in [5, 5.41) is 8.44. The van der Waals surface area contributed by atoms with Gasteiger partial charge in [-0.1, -0.05) is 12.1 Å². The summed E-state index contributed by atoms with van der Waals surface area (Å²) in [6, 6.07) is 8.16. The van der Waals surface area contributed by atoms with E-state index in [0.717, 1.165) is 0 Å². The van der Waals surface area contributed by atoms with Gasteiger partial charge in [-0.25, -0.2) is 4.79 Å². The highest BCUT2D eigenvalue weighted by Crippen LogP contribution is 2.08. The van der Waals surface area contributed by atoms with Crippen molar-refractivity contribution in [1.29, 1.82) is 5.26 Å². The Bertz CT molecular complexity index is 457. The Morgan fingerprint density at radius 1 is 1.29 bits per heavy atom. The Balaban J connectivity index is 2.70. The zero-order valence-corrected chi connectivity index (χ0v) is 9.77. The molecule has 0 aliphatic carbocycles. The summed E-state index contributed by atoms with van der Waals surface area (Å²) < 4.78 is 5.03. The normalized spacial score (nSPS) is 11.4. The lowest BCUT2D eigenvalue weighted by atomic mass is 10.1. The first-order valence-corrected chi connectivity index (χ1v) is 5.23. The van der Waals surface area contributed by atoms with Crippen LogP contribution in [0.15, 0.2) is 24.3 Å². The van der Waals surface area contributed by atoms with Gasteiger partial charge in [0, 0.05) is 5.56 Å². The van der Waals surface area contributed by atoms with Crippen LogP contribution in [0.1, 0.15) is 41.0 Å². The number of ether oxygens (including phenoxy) is 1. The first kappa shape index (κ1) is 12.9. The molecule has 88 valence electrons. The monoisotopic (exact) mass is 231 g/mol. The van der Waals surface area contributed by atoms with Crippen molar-refractivity contribution in [1.82, 2.24) is 0 Å². The number of nitrogens with zero attached hydrogens (tertiary/aromatic N) is 1. The summed E-state index contributed by atoms with van der Waals surface area (Å²) >= 11 is 0. The summed E-state index contributed by atoms with van der Waals surface area (Å²) in [7, 11) is 0. The maximum absolute atomic E-state index is 11.6. The van der Waals surface area contributed by atoms with Gasteiger partial charge in [0.2, 0.25) is 0 Å². The SMILES string of the molecule is CC(=O)c1ccc(C(=O)O[C@H](C)CC#N)cc1. The second-order valence-electron chi connectivity index (χ2n) is 3.71. The summed E-state index contributed by atoms with van der Waals surface area (Å²) in [4.78, 5) is 22.6. The number of rotatable bonds is 4. The highest BCUT2D eigenvalue weighted by atomic mass is 16.5. The van der Waals surface area contributed by atoms with Crippen LogP contribution in [0.2, 0.25) is 0 Å². The minimum Gasteiger partial charge on any atom is -0.458 e. The highest BCUT2D eigenvalue weighted by molar-refractivity contribution is 5.96. The molecule has 4 nitrogen and oxygen atoms in total. The smallest absolute Gasteiger partial charge is 0.338 e. The molecule has 17 heavy (non-hydrogen) atoms. The highest BCUT2D eigenvalue weighted by Gasteiger charge is 2.11. The Hall–Kier alpha value is -2.15. The van der Waals surface area contributed by atoms with Crippen LogP contribution in [0, 0.1) is 11.3 Å². The quantitative estimate of drug-likeness (QED) is 0.589. The lowest BCUT2D eigenvalue weighted by Gasteiger charge is -2.09. The number of hydrogen-bond donors (Lipinski definition) is 0. The van der Waals surface area contributed by atoms with Crippen LogP contribution in [-0.4, -0.2) is 17.9 Å². The van der Waals surface area contributed by atoms with Gasteiger partial charge in [0.15, 0.2) is 5.78 Å². The molecule has 0 unspecified atom stereocenters. The second-order valence-corrected chi connectivity index (χ2v) is 3.71. The number of hydrogen-bond acceptors (Lipinski definition) is 4. The van der Waals surface area contributed by atoms with Gasteiger partial charge >= 0.3 is 5.97 Å². The molecule has 0 heterocycles. The molecule has 0 amide bonds. The number of ketones is 1. The number of nitriles is 1. The van der Waals surface area contributed by atoms with E-state index in [4.69, 9.17) is 10.00 Å². The summed E-state index contributed by atoms with van der Waals surface area (Å²) in [5.41, 5.74) is 0.923. The standard InChI is InChI=1S/C13H13NO3/c1-9(7-8-14)17-13(16)12-5-3-11(4-6-12)10(2)15/h3-6,9H,7H2,1-2H3/t9-/m1/s1. The number of Topliss-reactive ketones (excluding diaryl/α,β-unsaturated/α-hetero) is 1. The van der Waals surface area contributed by atoms with Crippen molar-refractivity contribution >= 4 is 11.8 Å². The predicted molar refractivity (Wildman–Crippen MR) is 61.6 cm³/mol. The molecule has 0 radical (unpaired) electrons. The van der Waals surface area contributed by atoms with Gasteiger partial charge in [-0.05, 0) is 26.0 Å². The van der Waals surface area contributed by atoms with E-state index in [1.165, 1.54) is 19.1 Å². The average molecular weight is 231 g/mol. The van der Waals surface area contributed by atoms with Gasteiger partial charge in [0.25, 0.3) is 0 Å². The van der Waals surface area contributed by atoms with Crippen molar-refractivity contribution in [2.24, 2.45) is 0 Å². The number of esters is 1. The van der Waals surface area contributed by atoms with E-state index in [2.05, 4.69) is 0 Å². The zero-order chi connectivity index (χ0) is 12.8.